The molecule has 1 amide bonds. The fraction of sp³-hybridized carbons (Fsp3) is 0.714. The lowest BCUT2D eigenvalue weighted by atomic mass is 9.93. The first kappa shape index (κ1) is 16.0. The fourth-order valence-corrected chi connectivity index (χ4v) is 2.93. The molecule has 0 unspecified atom stereocenters. The number of rotatable bonds is 7. The monoisotopic (exact) mass is 312 g/mol. The topological polar surface area (TPSA) is 80.5 Å². The predicted molar refractivity (Wildman–Crippen MR) is 85.8 cm³/mol. The first-order valence-electron chi connectivity index (χ1n) is 7.37. The van der Waals surface area contributed by atoms with Crippen molar-refractivity contribution in [2.45, 2.75) is 45.3 Å². The van der Waals surface area contributed by atoms with Crippen LogP contribution >= 0.6 is 11.3 Å². The molecule has 1 aromatic rings. The fourth-order valence-electron chi connectivity index (χ4n) is 1.97. The summed E-state index contributed by atoms with van der Waals surface area (Å²) in [6.45, 7) is 5.01. The van der Waals surface area contributed by atoms with Crippen LogP contribution in [0, 0.1) is 0 Å². The molecule has 0 spiro atoms. The zero-order valence-corrected chi connectivity index (χ0v) is 13.7. The lowest BCUT2D eigenvalue weighted by Gasteiger charge is -2.25. The first-order valence-corrected chi connectivity index (χ1v) is 8.19. The molecule has 21 heavy (non-hydrogen) atoms. The zero-order valence-electron chi connectivity index (χ0n) is 12.9. The van der Waals surface area contributed by atoms with E-state index in [0.29, 0.717) is 29.9 Å². The molecule has 1 aliphatic rings. The van der Waals surface area contributed by atoms with Gasteiger partial charge >= 0.3 is 0 Å². The molecule has 1 aromatic heterocycles. The molecule has 0 bridgehead atoms. The van der Waals surface area contributed by atoms with Gasteiger partial charge in [0.05, 0.1) is 12.7 Å². The van der Waals surface area contributed by atoms with E-state index >= 15 is 0 Å². The Morgan fingerprint density at radius 3 is 2.86 bits per heavy atom. The second-order valence-corrected chi connectivity index (χ2v) is 6.65. The number of nitrogen functional groups attached to an aromatic ring is 1. The van der Waals surface area contributed by atoms with Crippen molar-refractivity contribution >= 4 is 28.2 Å². The molecule has 1 heterocycles. The Hall–Kier alpha value is -1.34. The van der Waals surface area contributed by atoms with Crippen LogP contribution in [0.5, 0.6) is 0 Å². The number of nitrogens with one attached hydrogen (secondary N) is 1. The summed E-state index contributed by atoms with van der Waals surface area (Å²) in [4.78, 5) is 18.7. The summed E-state index contributed by atoms with van der Waals surface area (Å²) in [5.74, 6) is 0.211. The lowest BCUT2D eigenvalue weighted by Crippen LogP contribution is -2.30. The highest BCUT2D eigenvalue weighted by atomic mass is 32.1. The second kappa shape index (κ2) is 7.09. The van der Waals surface area contributed by atoms with Crippen LogP contribution in [0.4, 0.5) is 10.9 Å². The Morgan fingerprint density at radius 1 is 1.57 bits per heavy atom. The average molecular weight is 312 g/mol. The number of nitrogens with zero attached hydrogens (tertiary/aromatic N) is 2. The number of hydrogen-bond donors (Lipinski definition) is 2. The first-order chi connectivity index (χ1) is 9.97. The highest BCUT2D eigenvalue weighted by Gasteiger charge is 2.23. The van der Waals surface area contributed by atoms with Crippen molar-refractivity contribution in [3.05, 3.63) is 4.88 Å². The minimum absolute atomic E-state index is 0.0981. The smallest absolute Gasteiger partial charge is 0.267 e. The molecular weight excluding hydrogens is 288 g/mol. The minimum Gasteiger partial charge on any atom is -0.382 e. The molecule has 0 saturated heterocycles. The van der Waals surface area contributed by atoms with Crippen molar-refractivity contribution in [2.75, 3.05) is 31.2 Å². The van der Waals surface area contributed by atoms with E-state index in [1.807, 2.05) is 13.8 Å². The van der Waals surface area contributed by atoms with Gasteiger partial charge in [0.2, 0.25) is 0 Å². The number of anilines is 2. The molecule has 118 valence electrons. The Labute approximate surface area is 129 Å². The number of carbonyl (C=O) groups excluding carboxylic acids is 1. The van der Waals surface area contributed by atoms with Crippen LogP contribution in [-0.2, 0) is 4.74 Å². The Morgan fingerprint density at radius 2 is 2.29 bits per heavy atom. The Kier molecular flexibility index (Phi) is 5.41. The maximum absolute atomic E-state index is 12.4. The van der Waals surface area contributed by atoms with Gasteiger partial charge in [-0.2, -0.15) is 0 Å². The van der Waals surface area contributed by atoms with Crippen LogP contribution in [0.15, 0.2) is 0 Å². The van der Waals surface area contributed by atoms with E-state index in [9.17, 15) is 4.79 Å². The summed E-state index contributed by atoms with van der Waals surface area (Å²) in [5, 5.41) is 4.07. The maximum atomic E-state index is 12.4. The van der Waals surface area contributed by atoms with E-state index in [1.54, 1.807) is 11.9 Å². The quantitative estimate of drug-likeness (QED) is 0.806. The standard InChI is InChI=1S/C14H24N4O2S/c1-9(2)20-8-7-18(3)13(19)11-12(15)17-14(21-11)16-10-5-4-6-10/h9-10H,4-8,15H2,1-3H3,(H,16,17). The molecular formula is C14H24N4O2S. The molecule has 0 atom stereocenters. The van der Waals surface area contributed by atoms with E-state index in [-0.39, 0.29) is 12.0 Å². The van der Waals surface area contributed by atoms with Gasteiger partial charge in [-0.15, -0.1) is 0 Å². The van der Waals surface area contributed by atoms with Gasteiger partial charge in [-0.05, 0) is 33.1 Å². The normalized spacial score (nSPS) is 15.0. The van der Waals surface area contributed by atoms with E-state index in [2.05, 4.69) is 10.3 Å². The number of nitrogens with two attached hydrogens (primary N) is 1. The molecule has 0 radical (unpaired) electrons. The van der Waals surface area contributed by atoms with E-state index in [1.165, 1.54) is 17.8 Å². The van der Waals surface area contributed by atoms with Crippen molar-refractivity contribution in [3.8, 4) is 0 Å². The van der Waals surface area contributed by atoms with Crippen molar-refractivity contribution in [3.63, 3.8) is 0 Å². The lowest BCUT2D eigenvalue weighted by molar-refractivity contribution is 0.0535. The van der Waals surface area contributed by atoms with Crippen molar-refractivity contribution in [2.24, 2.45) is 0 Å². The van der Waals surface area contributed by atoms with Gasteiger partial charge in [-0.25, -0.2) is 4.98 Å². The largest absolute Gasteiger partial charge is 0.382 e. The molecule has 3 N–H and O–H groups in total. The third-order valence-electron chi connectivity index (χ3n) is 3.50. The van der Waals surface area contributed by atoms with Crippen LogP contribution in [0.25, 0.3) is 0 Å². The van der Waals surface area contributed by atoms with Crippen LogP contribution < -0.4 is 11.1 Å². The molecule has 0 aromatic carbocycles. The summed E-state index contributed by atoms with van der Waals surface area (Å²) >= 11 is 1.33. The summed E-state index contributed by atoms with van der Waals surface area (Å²) in [6, 6.07) is 0.482. The summed E-state index contributed by atoms with van der Waals surface area (Å²) in [5.41, 5.74) is 5.87. The van der Waals surface area contributed by atoms with Crippen LogP contribution in [0.1, 0.15) is 42.8 Å². The number of ether oxygens (including phenoxy) is 1. The van der Waals surface area contributed by atoms with Gasteiger partial charge in [0.25, 0.3) is 5.91 Å². The molecule has 7 heteroatoms. The Bertz CT molecular complexity index is 485. The summed E-state index contributed by atoms with van der Waals surface area (Å²) in [6.07, 6.45) is 3.74. The SMILES string of the molecule is CC(C)OCCN(C)C(=O)c1sc(NC2CCC2)nc1N. The average Bonchev–Trinajstić information content (AvgIpc) is 2.73. The number of carbonyl (C=O) groups is 1. The van der Waals surface area contributed by atoms with Gasteiger partial charge < -0.3 is 20.7 Å². The van der Waals surface area contributed by atoms with Crippen molar-refractivity contribution < 1.29 is 9.53 Å². The number of amides is 1. The number of thiazole rings is 1. The molecule has 6 nitrogen and oxygen atoms in total. The van der Waals surface area contributed by atoms with Crippen LogP contribution in [0.2, 0.25) is 0 Å². The molecule has 0 aliphatic heterocycles. The second-order valence-electron chi connectivity index (χ2n) is 5.65. The van der Waals surface area contributed by atoms with E-state index in [0.717, 1.165) is 18.0 Å². The Balaban J connectivity index is 1.91. The highest BCUT2D eigenvalue weighted by molar-refractivity contribution is 7.18. The summed E-state index contributed by atoms with van der Waals surface area (Å²) in [7, 11) is 1.75. The van der Waals surface area contributed by atoms with Crippen LogP contribution in [-0.4, -0.2) is 48.1 Å². The van der Waals surface area contributed by atoms with Gasteiger partial charge in [-0.1, -0.05) is 11.3 Å². The van der Waals surface area contributed by atoms with Gasteiger partial charge in [0.15, 0.2) is 5.13 Å². The number of hydrogen-bond acceptors (Lipinski definition) is 6. The summed E-state index contributed by atoms with van der Waals surface area (Å²) < 4.78 is 5.46. The third kappa shape index (κ3) is 4.31. The van der Waals surface area contributed by atoms with E-state index < -0.39 is 0 Å². The highest BCUT2D eigenvalue weighted by Crippen LogP contribution is 2.30. The number of likely N-dealkylation sites (N-methyl/N-ethyl adjacent to an activating group) is 1. The van der Waals surface area contributed by atoms with Gasteiger partial charge in [0, 0.05) is 19.6 Å². The number of aromatic nitrogens is 1. The van der Waals surface area contributed by atoms with Crippen molar-refractivity contribution in [1.82, 2.24) is 9.88 Å². The minimum atomic E-state index is -0.0981. The molecule has 2 rings (SSSR count). The predicted octanol–water partition coefficient (Wildman–Crippen LogP) is 2.19. The van der Waals surface area contributed by atoms with Gasteiger partial charge in [-0.3, -0.25) is 4.79 Å². The van der Waals surface area contributed by atoms with Crippen LogP contribution in [0.3, 0.4) is 0 Å². The van der Waals surface area contributed by atoms with E-state index in [4.69, 9.17) is 10.5 Å². The zero-order chi connectivity index (χ0) is 15.4. The van der Waals surface area contributed by atoms with Gasteiger partial charge in [0.1, 0.15) is 10.7 Å². The maximum Gasteiger partial charge on any atom is 0.267 e. The molecule has 1 saturated carbocycles. The third-order valence-corrected chi connectivity index (χ3v) is 4.50. The molecule has 1 aliphatic carbocycles. The molecule has 1 fully saturated rings. The van der Waals surface area contributed by atoms with Crippen molar-refractivity contribution in [1.29, 1.82) is 0 Å².